The number of hydrogen-bond acceptors (Lipinski definition) is 4. The minimum absolute atomic E-state index is 0. The summed E-state index contributed by atoms with van der Waals surface area (Å²) in [7, 11) is 0. The number of carbonyl (C=O) groups is 1. The molecule has 1 fully saturated rings. The maximum atomic E-state index is 12.5. The molecule has 0 aliphatic carbocycles. The molecule has 1 aromatic carbocycles. The number of imidazole rings is 1. The third-order valence-corrected chi connectivity index (χ3v) is 4.90. The second-order valence-electron chi connectivity index (χ2n) is 6.57. The number of nitrogens with zero attached hydrogens (tertiary/aromatic N) is 3. The molecule has 146 valence electrons. The zero-order valence-electron chi connectivity index (χ0n) is 15.1. The standard InChI is InChI=1S/C20H20ClN5O.ClH/c21-16-3-1-14(2-4-16)19-20(15-5-8-22-9-6-15)26(13-24-19)12-18(27)25-17-7-10-23-11-17;/h1-6,8-9,13,17,23H,7,10-12H2,(H,25,27);1H/t17-;/m1./s1. The summed E-state index contributed by atoms with van der Waals surface area (Å²) in [6.07, 6.45) is 6.15. The van der Waals surface area contributed by atoms with Crippen molar-refractivity contribution in [3.63, 3.8) is 0 Å². The Bertz CT molecular complexity index is 922. The number of pyridine rings is 1. The first-order chi connectivity index (χ1) is 13.2. The SMILES string of the molecule is Cl.O=C(Cn1cnc(-c2ccc(Cl)cc2)c1-c1ccncc1)N[C@@H]1CCNC1. The Kier molecular flexibility index (Phi) is 6.67. The predicted octanol–water partition coefficient (Wildman–Crippen LogP) is 3.17. The Labute approximate surface area is 174 Å². The van der Waals surface area contributed by atoms with Gasteiger partial charge in [0, 0.05) is 41.1 Å². The van der Waals surface area contributed by atoms with E-state index in [0.29, 0.717) is 5.02 Å². The van der Waals surface area contributed by atoms with E-state index >= 15 is 0 Å². The average Bonchev–Trinajstić information content (AvgIpc) is 3.33. The van der Waals surface area contributed by atoms with Crippen molar-refractivity contribution >= 4 is 29.9 Å². The highest BCUT2D eigenvalue weighted by atomic mass is 35.5. The van der Waals surface area contributed by atoms with Crippen LogP contribution in [0.1, 0.15) is 6.42 Å². The van der Waals surface area contributed by atoms with Crippen molar-refractivity contribution < 1.29 is 4.79 Å². The molecule has 8 heteroatoms. The molecule has 3 heterocycles. The molecule has 2 aromatic heterocycles. The van der Waals surface area contributed by atoms with E-state index in [1.807, 2.05) is 41.0 Å². The van der Waals surface area contributed by atoms with Crippen LogP contribution in [0, 0.1) is 0 Å². The Morgan fingerprint density at radius 3 is 2.61 bits per heavy atom. The summed E-state index contributed by atoms with van der Waals surface area (Å²) in [5.74, 6) is -0.0148. The Morgan fingerprint density at radius 2 is 1.93 bits per heavy atom. The molecule has 1 atom stereocenters. The van der Waals surface area contributed by atoms with Gasteiger partial charge in [0.05, 0.1) is 17.7 Å². The highest BCUT2D eigenvalue weighted by molar-refractivity contribution is 6.30. The summed E-state index contributed by atoms with van der Waals surface area (Å²) < 4.78 is 1.89. The van der Waals surface area contributed by atoms with Gasteiger partial charge in [0.25, 0.3) is 0 Å². The summed E-state index contributed by atoms with van der Waals surface area (Å²) in [5.41, 5.74) is 3.61. The highest BCUT2D eigenvalue weighted by Gasteiger charge is 2.20. The van der Waals surface area contributed by atoms with Crippen LogP contribution in [0.5, 0.6) is 0 Å². The number of rotatable bonds is 5. The molecule has 0 spiro atoms. The minimum atomic E-state index is -0.0148. The quantitative estimate of drug-likeness (QED) is 0.668. The summed E-state index contributed by atoms with van der Waals surface area (Å²) in [6.45, 7) is 1.98. The zero-order valence-corrected chi connectivity index (χ0v) is 16.7. The fraction of sp³-hybridized carbons (Fsp3) is 0.250. The Balaban J connectivity index is 0.00000225. The molecule has 0 radical (unpaired) electrons. The van der Waals surface area contributed by atoms with Gasteiger partial charge in [-0.25, -0.2) is 4.98 Å². The number of hydrogen-bond donors (Lipinski definition) is 2. The summed E-state index contributed by atoms with van der Waals surface area (Å²) >= 11 is 6.02. The average molecular weight is 418 g/mol. The first kappa shape index (κ1) is 20.3. The van der Waals surface area contributed by atoms with Crippen molar-refractivity contribution in [2.75, 3.05) is 13.1 Å². The lowest BCUT2D eigenvalue weighted by Crippen LogP contribution is -2.38. The van der Waals surface area contributed by atoms with E-state index in [-0.39, 0.29) is 30.9 Å². The molecule has 4 rings (SSSR count). The van der Waals surface area contributed by atoms with Gasteiger partial charge in [0.1, 0.15) is 6.54 Å². The third kappa shape index (κ3) is 4.52. The fourth-order valence-electron chi connectivity index (χ4n) is 3.34. The van der Waals surface area contributed by atoms with Gasteiger partial charge in [-0.15, -0.1) is 12.4 Å². The van der Waals surface area contributed by atoms with E-state index < -0.39 is 0 Å². The number of carbonyl (C=O) groups excluding carboxylic acids is 1. The molecule has 1 aliphatic rings. The molecule has 3 aromatic rings. The molecule has 0 unspecified atom stereocenters. The predicted molar refractivity (Wildman–Crippen MR) is 113 cm³/mol. The van der Waals surface area contributed by atoms with Crippen molar-refractivity contribution in [2.45, 2.75) is 19.0 Å². The van der Waals surface area contributed by atoms with E-state index in [0.717, 1.165) is 42.0 Å². The Hall–Kier alpha value is -2.41. The van der Waals surface area contributed by atoms with Gasteiger partial charge >= 0.3 is 0 Å². The smallest absolute Gasteiger partial charge is 0.240 e. The van der Waals surface area contributed by atoms with Crippen molar-refractivity contribution in [1.29, 1.82) is 0 Å². The van der Waals surface area contributed by atoms with Crippen LogP contribution in [-0.4, -0.2) is 39.6 Å². The van der Waals surface area contributed by atoms with Crippen LogP contribution in [0.25, 0.3) is 22.5 Å². The highest BCUT2D eigenvalue weighted by Crippen LogP contribution is 2.31. The van der Waals surface area contributed by atoms with Crippen LogP contribution in [0.2, 0.25) is 5.02 Å². The molecule has 0 bridgehead atoms. The van der Waals surface area contributed by atoms with Gasteiger partial charge in [-0.3, -0.25) is 9.78 Å². The van der Waals surface area contributed by atoms with E-state index in [4.69, 9.17) is 11.6 Å². The molecule has 2 N–H and O–H groups in total. The third-order valence-electron chi connectivity index (χ3n) is 4.65. The maximum absolute atomic E-state index is 12.5. The first-order valence-corrected chi connectivity index (χ1v) is 9.30. The van der Waals surface area contributed by atoms with Gasteiger partial charge in [-0.05, 0) is 37.2 Å². The van der Waals surface area contributed by atoms with Crippen LogP contribution in [-0.2, 0) is 11.3 Å². The van der Waals surface area contributed by atoms with Crippen LogP contribution >= 0.6 is 24.0 Å². The van der Waals surface area contributed by atoms with Crippen LogP contribution in [0.4, 0.5) is 0 Å². The number of halogens is 2. The van der Waals surface area contributed by atoms with Gasteiger partial charge < -0.3 is 15.2 Å². The second kappa shape index (κ2) is 9.19. The Morgan fingerprint density at radius 1 is 1.18 bits per heavy atom. The second-order valence-corrected chi connectivity index (χ2v) is 7.01. The molecule has 0 saturated carbocycles. The summed E-state index contributed by atoms with van der Waals surface area (Å²) in [5, 5.41) is 7.01. The number of nitrogens with one attached hydrogen (secondary N) is 2. The van der Waals surface area contributed by atoms with Crippen LogP contribution in [0.15, 0.2) is 55.1 Å². The van der Waals surface area contributed by atoms with Crippen molar-refractivity contribution in [2.24, 2.45) is 0 Å². The zero-order chi connectivity index (χ0) is 18.6. The van der Waals surface area contributed by atoms with E-state index in [9.17, 15) is 4.79 Å². The molecule has 6 nitrogen and oxygen atoms in total. The lowest BCUT2D eigenvalue weighted by molar-refractivity contribution is -0.122. The van der Waals surface area contributed by atoms with Crippen LogP contribution in [0.3, 0.4) is 0 Å². The first-order valence-electron chi connectivity index (χ1n) is 8.92. The van der Waals surface area contributed by atoms with E-state index in [1.54, 1.807) is 18.7 Å². The molecule has 1 aliphatic heterocycles. The van der Waals surface area contributed by atoms with Crippen molar-refractivity contribution in [3.8, 4) is 22.5 Å². The van der Waals surface area contributed by atoms with Gasteiger partial charge in [-0.1, -0.05) is 23.7 Å². The summed E-state index contributed by atoms with van der Waals surface area (Å²) in [6, 6.07) is 11.6. The molecular weight excluding hydrogens is 397 g/mol. The monoisotopic (exact) mass is 417 g/mol. The van der Waals surface area contributed by atoms with Gasteiger partial charge in [0.15, 0.2) is 0 Å². The normalized spacial score (nSPS) is 15.8. The molecule has 1 saturated heterocycles. The number of aromatic nitrogens is 3. The van der Waals surface area contributed by atoms with Crippen molar-refractivity contribution in [1.82, 2.24) is 25.2 Å². The van der Waals surface area contributed by atoms with Gasteiger partial charge in [0.2, 0.25) is 5.91 Å². The van der Waals surface area contributed by atoms with E-state index in [1.165, 1.54) is 0 Å². The lowest BCUT2D eigenvalue weighted by Gasteiger charge is -2.14. The summed E-state index contributed by atoms with van der Waals surface area (Å²) in [4.78, 5) is 21.2. The fourth-order valence-corrected chi connectivity index (χ4v) is 3.47. The van der Waals surface area contributed by atoms with E-state index in [2.05, 4.69) is 20.6 Å². The lowest BCUT2D eigenvalue weighted by atomic mass is 10.1. The van der Waals surface area contributed by atoms with Crippen molar-refractivity contribution in [3.05, 3.63) is 60.1 Å². The number of amides is 1. The molecule has 28 heavy (non-hydrogen) atoms. The number of benzene rings is 1. The topological polar surface area (TPSA) is 71.8 Å². The van der Waals surface area contributed by atoms with Crippen LogP contribution < -0.4 is 10.6 Å². The van der Waals surface area contributed by atoms with Gasteiger partial charge in [-0.2, -0.15) is 0 Å². The minimum Gasteiger partial charge on any atom is -0.350 e. The largest absolute Gasteiger partial charge is 0.350 e. The maximum Gasteiger partial charge on any atom is 0.240 e. The molecular formula is C20H21Cl2N5O. The molecule has 1 amide bonds.